The molecule has 1 aromatic heterocycles. The molecule has 6 N–H and O–H groups in total. The average Bonchev–Trinajstić information content (AvgIpc) is 2.51. The van der Waals surface area contributed by atoms with Crippen molar-refractivity contribution in [3.63, 3.8) is 0 Å². The van der Waals surface area contributed by atoms with Crippen LogP contribution in [0, 0.1) is 6.92 Å². The Hall–Kier alpha value is -3.09. The van der Waals surface area contributed by atoms with E-state index < -0.39 is 0 Å². The monoisotopic (exact) mass is 297 g/mol. The second kappa shape index (κ2) is 6.57. The van der Waals surface area contributed by atoms with E-state index in [1.54, 1.807) is 13.1 Å². The minimum atomic E-state index is 0.261. The molecule has 0 aliphatic carbocycles. The van der Waals surface area contributed by atoms with Crippen LogP contribution in [0.15, 0.2) is 42.3 Å². The Morgan fingerprint density at radius 3 is 2.82 bits per heavy atom. The van der Waals surface area contributed by atoms with Crippen molar-refractivity contribution in [2.45, 2.75) is 6.92 Å². The number of hydrogen-bond donors (Lipinski definition) is 4. The van der Waals surface area contributed by atoms with E-state index in [0.29, 0.717) is 28.6 Å². The zero-order valence-electron chi connectivity index (χ0n) is 12.6. The molecule has 0 amide bonds. The maximum Gasteiger partial charge on any atom is 0.153 e. The topological polar surface area (TPSA) is 114 Å². The number of benzene rings is 1. The first kappa shape index (κ1) is 15.3. The molecule has 1 heterocycles. The molecule has 0 fully saturated rings. The van der Waals surface area contributed by atoms with E-state index in [9.17, 15) is 0 Å². The van der Waals surface area contributed by atoms with Crippen molar-refractivity contribution in [3.8, 4) is 0 Å². The quantitative estimate of drug-likeness (QED) is 0.381. The summed E-state index contributed by atoms with van der Waals surface area (Å²) in [6, 6.07) is 5.48. The minimum absolute atomic E-state index is 0.261. The number of anilines is 3. The van der Waals surface area contributed by atoms with Gasteiger partial charge in [0.1, 0.15) is 17.7 Å². The SMILES string of the molecule is C=CNc1c(NC)ncnc1C(N)=Nc1cc(N)ccc1C. The molecule has 22 heavy (non-hydrogen) atoms. The van der Waals surface area contributed by atoms with Gasteiger partial charge in [-0.1, -0.05) is 12.6 Å². The predicted octanol–water partition coefficient (Wildman–Crippen LogP) is 2.00. The number of aryl methyl sites for hydroxylation is 1. The molecule has 0 spiro atoms. The fourth-order valence-electron chi connectivity index (χ4n) is 1.94. The second-order valence-electron chi connectivity index (χ2n) is 4.59. The van der Waals surface area contributed by atoms with Gasteiger partial charge in [-0.25, -0.2) is 15.0 Å². The van der Waals surface area contributed by atoms with E-state index in [-0.39, 0.29) is 5.84 Å². The second-order valence-corrected chi connectivity index (χ2v) is 4.59. The van der Waals surface area contributed by atoms with E-state index in [1.165, 1.54) is 12.5 Å². The van der Waals surface area contributed by atoms with Crippen molar-refractivity contribution < 1.29 is 0 Å². The molecule has 0 atom stereocenters. The zero-order chi connectivity index (χ0) is 16.1. The van der Waals surface area contributed by atoms with Gasteiger partial charge in [-0.2, -0.15) is 0 Å². The molecular formula is C15H19N7. The summed E-state index contributed by atoms with van der Waals surface area (Å²) in [7, 11) is 1.76. The number of rotatable bonds is 5. The van der Waals surface area contributed by atoms with Gasteiger partial charge in [-0.15, -0.1) is 0 Å². The normalized spacial score (nSPS) is 11.1. The lowest BCUT2D eigenvalue weighted by Crippen LogP contribution is -2.18. The molecule has 0 bridgehead atoms. The number of aromatic nitrogens is 2. The van der Waals surface area contributed by atoms with Crippen LogP contribution in [0.2, 0.25) is 0 Å². The Labute approximate surface area is 129 Å². The van der Waals surface area contributed by atoms with Crippen molar-refractivity contribution in [2.24, 2.45) is 10.7 Å². The van der Waals surface area contributed by atoms with Crippen LogP contribution in [-0.4, -0.2) is 22.9 Å². The highest BCUT2D eigenvalue weighted by Gasteiger charge is 2.13. The fraction of sp³-hybridized carbons (Fsp3) is 0.133. The molecule has 2 rings (SSSR count). The highest BCUT2D eigenvalue weighted by atomic mass is 15.1. The summed E-state index contributed by atoms with van der Waals surface area (Å²) >= 11 is 0. The van der Waals surface area contributed by atoms with Crippen LogP contribution in [0.3, 0.4) is 0 Å². The van der Waals surface area contributed by atoms with Crippen LogP contribution >= 0.6 is 0 Å². The first-order chi connectivity index (χ1) is 10.6. The summed E-state index contributed by atoms with van der Waals surface area (Å²) in [4.78, 5) is 12.8. The molecule has 0 aliphatic rings. The average molecular weight is 297 g/mol. The zero-order valence-corrected chi connectivity index (χ0v) is 12.6. The van der Waals surface area contributed by atoms with Crippen LogP contribution < -0.4 is 22.1 Å². The molecule has 7 nitrogen and oxygen atoms in total. The van der Waals surface area contributed by atoms with Crippen LogP contribution in [0.1, 0.15) is 11.3 Å². The summed E-state index contributed by atoms with van der Waals surface area (Å²) in [5.41, 5.74) is 15.3. The van der Waals surface area contributed by atoms with E-state index in [0.717, 1.165) is 5.56 Å². The third kappa shape index (κ3) is 3.14. The Balaban J connectivity index is 2.52. The Morgan fingerprint density at radius 2 is 2.14 bits per heavy atom. The number of nitrogen functional groups attached to an aromatic ring is 1. The molecular weight excluding hydrogens is 278 g/mol. The number of nitrogens with zero attached hydrogens (tertiary/aromatic N) is 3. The van der Waals surface area contributed by atoms with Crippen molar-refractivity contribution in [1.29, 1.82) is 0 Å². The molecule has 0 saturated carbocycles. The van der Waals surface area contributed by atoms with Crippen LogP contribution in [0.5, 0.6) is 0 Å². The Morgan fingerprint density at radius 1 is 1.36 bits per heavy atom. The Kier molecular flexibility index (Phi) is 4.57. The molecule has 1 aromatic carbocycles. The van der Waals surface area contributed by atoms with Gasteiger partial charge in [0.2, 0.25) is 0 Å². The van der Waals surface area contributed by atoms with Gasteiger partial charge in [-0.3, -0.25) is 0 Å². The molecule has 0 saturated heterocycles. The number of hydrogen-bond acceptors (Lipinski definition) is 6. The van der Waals surface area contributed by atoms with Crippen molar-refractivity contribution >= 4 is 28.7 Å². The molecule has 7 heteroatoms. The smallest absolute Gasteiger partial charge is 0.153 e. The van der Waals surface area contributed by atoms with Gasteiger partial charge in [0, 0.05) is 12.7 Å². The molecule has 114 valence electrons. The minimum Gasteiger partial charge on any atom is -0.399 e. The van der Waals surface area contributed by atoms with E-state index in [1.807, 2.05) is 19.1 Å². The lowest BCUT2D eigenvalue weighted by atomic mass is 10.2. The molecule has 0 aliphatic heterocycles. The summed E-state index contributed by atoms with van der Waals surface area (Å²) < 4.78 is 0. The van der Waals surface area contributed by atoms with Gasteiger partial charge in [0.15, 0.2) is 11.7 Å². The number of aliphatic imine (C=N–C) groups is 1. The van der Waals surface area contributed by atoms with E-state index in [2.05, 4.69) is 32.2 Å². The van der Waals surface area contributed by atoms with Gasteiger partial charge in [-0.05, 0) is 30.8 Å². The number of amidine groups is 1. The summed E-state index contributed by atoms with van der Waals surface area (Å²) in [6.07, 6.45) is 2.95. The third-order valence-electron chi connectivity index (χ3n) is 3.05. The van der Waals surface area contributed by atoms with Gasteiger partial charge < -0.3 is 22.1 Å². The van der Waals surface area contributed by atoms with Crippen molar-refractivity contribution in [3.05, 3.63) is 48.6 Å². The standard InChI is InChI=1S/C15H19N7/c1-4-19-13-12(20-8-21-15(13)18-3)14(17)22-11-7-10(16)6-5-9(11)2/h4-8,19H,1,16H2,2-3H3,(H2,17,22)(H,18,20,21). The summed E-state index contributed by atoms with van der Waals surface area (Å²) in [6.45, 7) is 5.59. The number of nitrogens with two attached hydrogens (primary N) is 2. The predicted molar refractivity (Wildman–Crippen MR) is 91.4 cm³/mol. The van der Waals surface area contributed by atoms with Gasteiger partial charge in [0.25, 0.3) is 0 Å². The van der Waals surface area contributed by atoms with Gasteiger partial charge in [0.05, 0.1) is 5.69 Å². The highest BCUT2D eigenvalue weighted by Crippen LogP contribution is 2.25. The van der Waals surface area contributed by atoms with Crippen molar-refractivity contribution in [2.75, 3.05) is 23.4 Å². The Bertz CT molecular complexity index is 722. The first-order valence-electron chi connectivity index (χ1n) is 6.67. The van der Waals surface area contributed by atoms with Crippen LogP contribution in [0.4, 0.5) is 22.9 Å². The summed E-state index contributed by atoms with van der Waals surface area (Å²) in [5, 5.41) is 5.95. The van der Waals surface area contributed by atoms with Crippen molar-refractivity contribution in [1.82, 2.24) is 9.97 Å². The summed E-state index contributed by atoms with van der Waals surface area (Å²) in [5.74, 6) is 0.865. The lowest BCUT2D eigenvalue weighted by molar-refractivity contribution is 1.14. The highest BCUT2D eigenvalue weighted by molar-refractivity contribution is 6.04. The van der Waals surface area contributed by atoms with Crippen LogP contribution in [-0.2, 0) is 0 Å². The van der Waals surface area contributed by atoms with Crippen LogP contribution in [0.25, 0.3) is 0 Å². The third-order valence-corrected chi connectivity index (χ3v) is 3.05. The lowest BCUT2D eigenvalue weighted by Gasteiger charge is -2.12. The maximum absolute atomic E-state index is 6.12. The largest absolute Gasteiger partial charge is 0.399 e. The van der Waals surface area contributed by atoms with E-state index >= 15 is 0 Å². The molecule has 0 unspecified atom stereocenters. The van der Waals surface area contributed by atoms with Gasteiger partial charge >= 0.3 is 0 Å². The number of nitrogens with one attached hydrogen (secondary N) is 2. The van der Waals surface area contributed by atoms with E-state index in [4.69, 9.17) is 11.5 Å². The first-order valence-corrected chi connectivity index (χ1v) is 6.67. The maximum atomic E-state index is 6.12. The molecule has 0 radical (unpaired) electrons. The molecule has 2 aromatic rings. The fourth-order valence-corrected chi connectivity index (χ4v) is 1.94.